The fourth-order valence-corrected chi connectivity index (χ4v) is 4.00. The average molecular weight is 310 g/mol. The highest BCUT2D eigenvalue weighted by Gasteiger charge is 2.15. The van der Waals surface area contributed by atoms with Crippen molar-refractivity contribution in [1.29, 1.82) is 0 Å². The monoisotopic (exact) mass is 310 g/mol. The number of nitrogens with zero attached hydrogens (tertiary/aromatic N) is 1. The van der Waals surface area contributed by atoms with Gasteiger partial charge in [-0.1, -0.05) is 6.07 Å². The third-order valence-electron chi connectivity index (χ3n) is 3.01. The Kier molecular flexibility index (Phi) is 4.67. The number of thiophene rings is 1. The van der Waals surface area contributed by atoms with Gasteiger partial charge < -0.3 is 4.90 Å². The fraction of sp³-hybridized carbons (Fsp3) is 0.286. The molecule has 0 fully saturated rings. The van der Waals surface area contributed by atoms with Gasteiger partial charge in [-0.3, -0.25) is 4.72 Å². The second-order valence-electron chi connectivity index (χ2n) is 4.26. The number of nitrogens with one attached hydrogen (secondary N) is 1. The first-order valence-corrected chi connectivity index (χ1v) is 8.84. The summed E-state index contributed by atoms with van der Waals surface area (Å²) in [6, 6.07) is 10.8. The Morgan fingerprint density at radius 3 is 2.25 bits per heavy atom. The van der Waals surface area contributed by atoms with Crippen LogP contribution in [0.25, 0.3) is 0 Å². The van der Waals surface area contributed by atoms with Crippen molar-refractivity contribution in [3.05, 3.63) is 41.8 Å². The molecule has 0 spiro atoms. The van der Waals surface area contributed by atoms with Crippen LogP contribution in [0.3, 0.4) is 0 Å². The highest BCUT2D eigenvalue weighted by atomic mass is 32.2. The molecule has 0 saturated carbocycles. The predicted octanol–water partition coefficient (Wildman–Crippen LogP) is 3.40. The van der Waals surface area contributed by atoms with Gasteiger partial charge in [0.1, 0.15) is 4.21 Å². The third-order valence-corrected chi connectivity index (χ3v) is 5.79. The van der Waals surface area contributed by atoms with Gasteiger partial charge in [-0.2, -0.15) is 0 Å². The molecule has 1 aromatic heterocycles. The highest BCUT2D eigenvalue weighted by Crippen LogP contribution is 2.22. The quantitative estimate of drug-likeness (QED) is 0.889. The van der Waals surface area contributed by atoms with Crippen molar-refractivity contribution in [2.75, 3.05) is 22.7 Å². The first kappa shape index (κ1) is 14.9. The van der Waals surface area contributed by atoms with Crippen LogP contribution >= 0.6 is 11.3 Å². The molecule has 0 unspecified atom stereocenters. The summed E-state index contributed by atoms with van der Waals surface area (Å²) in [5.41, 5.74) is 1.67. The van der Waals surface area contributed by atoms with Gasteiger partial charge in [-0.15, -0.1) is 11.3 Å². The topological polar surface area (TPSA) is 49.4 Å². The van der Waals surface area contributed by atoms with Gasteiger partial charge >= 0.3 is 0 Å². The van der Waals surface area contributed by atoms with E-state index in [4.69, 9.17) is 0 Å². The number of benzene rings is 1. The molecule has 108 valence electrons. The summed E-state index contributed by atoms with van der Waals surface area (Å²) in [6.07, 6.45) is 0. The number of hydrogen-bond donors (Lipinski definition) is 1. The van der Waals surface area contributed by atoms with Crippen LogP contribution in [-0.4, -0.2) is 21.5 Å². The SMILES string of the molecule is CCN(CC)c1ccc(NS(=O)(=O)c2cccs2)cc1. The molecule has 0 radical (unpaired) electrons. The van der Waals surface area contributed by atoms with E-state index in [0.29, 0.717) is 9.90 Å². The van der Waals surface area contributed by atoms with Crippen LogP contribution in [0.15, 0.2) is 46.0 Å². The average Bonchev–Trinajstić information content (AvgIpc) is 2.96. The Labute approximate surface area is 124 Å². The van der Waals surface area contributed by atoms with E-state index >= 15 is 0 Å². The molecular weight excluding hydrogens is 292 g/mol. The summed E-state index contributed by atoms with van der Waals surface area (Å²) in [6.45, 7) is 6.04. The van der Waals surface area contributed by atoms with E-state index in [1.165, 1.54) is 11.3 Å². The molecule has 6 heteroatoms. The van der Waals surface area contributed by atoms with E-state index in [1.54, 1.807) is 29.6 Å². The second kappa shape index (κ2) is 6.28. The molecule has 0 atom stereocenters. The smallest absolute Gasteiger partial charge is 0.271 e. The van der Waals surface area contributed by atoms with Gasteiger partial charge in [0.25, 0.3) is 10.0 Å². The van der Waals surface area contributed by atoms with E-state index in [1.807, 2.05) is 12.1 Å². The molecule has 2 rings (SSSR count). The molecule has 0 aliphatic heterocycles. The Morgan fingerprint density at radius 2 is 1.75 bits per heavy atom. The zero-order valence-corrected chi connectivity index (χ0v) is 13.2. The van der Waals surface area contributed by atoms with Gasteiger partial charge in [0.2, 0.25) is 0 Å². The normalized spacial score (nSPS) is 11.3. The van der Waals surface area contributed by atoms with Crippen LogP contribution in [0.1, 0.15) is 13.8 Å². The molecule has 2 aromatic rings. The summed E-state index contributed by atoms with van der Waals surface area (Å²) in [5.74, 6) is 0. The van der Waals surface area contributed by atoms with Gasteiger partial charge in [0, 0.05) is 24.5 Å². The van der Waals surface area contributed by atoms with Crippen molar-refractivity contribution < 1.29 is 8.42 Å². The maximum absolute atomic E-state index is 12.1. The van der Waals surface area contributed by atoms with E-state index < -0.39 is 10.0 Å². The van der Waals surface area contributed by atoms with E-state index in [2.05, 4.69) is 23.5 Å². The summed E-state index contributed by atoms with van der Waals surface area (Å²) in [4.78, 5) is 2.21. The zero-order chi connectivity index (χ0) is 14.6. The Morgan fingerprint density at radius 1 is 1.10 bits per heavy atom. The van der Waals surface area contributed by atoms with Crippen molar-refractivity contribution in [3.8, 4) is 0 Å². The lowest BCUT2D eigenvalue weighted by Gasteiger charge is -2.21. The molecular formula is C14H18N2O2S2. The number of rotatable bonds is 6. The van der Waals surface area contributed by atoms with Gasteiger partial charge in [0.15, 0.2) is 0 Å². The number of hydrogen-bond acceptors (Lipinski definition) is 4. The molecule has 0 bridgehead atoms. The minimum atomic E-state index is -3.46. The maximum atomic E-state index is 12.1. The van der Waals surface area contributed by atoms with Crippen molar-refractivity contribution in [1.82, 2.24) is 0 Å². The van der Waals surface area contributed by atoms with Gasteiger partial charge in [-0.05, 0) is 49.6 Å². The molecule has 4 nitrogen and oxygen atoms in total. The summed E-state index contributed by atoms with van der Waals surface area (Å²) < 4.78 is 27.1. The summed E-state index contributed by atoms with van der Waals surface area (Å²) in [7, 11) is -3.46. The van der Waals surface area contributed by atoms with Crippen molar-refractivity contribution in [2.45, 2.75) is 18.1 Å². The van der Waals surface area contributed by atoms with E-state index in [-0.39, 0.29) is 0 Å². The molecule has 0 saturated heterocycles. The van der Waals surface area contributed by atoms with Gasteiger partial charge in [-0.25, -0.2) is 8.42 Å². The molecule has 0 amide bonds. The molecule has 1 heterocycles. The largest absolute Gasteiger partial charge is 0.372 e. The first-order valence-electron chi connectivity index (χ1n) is 6.48. The van der Waals surface area contributed by atoms with Crippen molar-refractivity contribution in [3.63, 3.8) is 0 Å². The van der Waals surface area contributed by atoms with Crippen LogP contribution in [0, 0.1) is 0 Å². The predicted molar refractivity (Wildman–Crippen MR) is 85.1 cm³/mol. The van der Waals surface area contributed by atoms with Crippen molar-refractivity contribution >= 4 is 32.7 Å². The molecule has 0 aliphatic rings. The standard InChI is InChI=1S/C14H18N2O2S2/c1-3-16(4-2)13-9-7-12(8-10-13)15-20(17,18)14-6-5-11-19-14/h5-11,15H,3-4H2,1-2H3. The number of anilines is 2. The zero-order valence-electron chi connectivity index (χ0n) is 11.5. The van der Waals surface area contributed by atoms with Gasteiger partial charge in [0.05, 0.1) is 0 Å². The number of sulfonamides is 1. The maximum Gasteiger partial charge on any atom is 0.271 e. The second-order valence-corrected chi connectivity index (χ2v) is 7.11. The first-order chi connectivity index (χ1) is 9.56. The highest BCUT2D eigenvalue weighted by molar-refractivity contribution is 7.94. The lowest BCUT2D eigenvalue weighted by Crippen LogP contribution is -2.21. The lowest BCUT2D eigenvalue weighted by molar-refractivity contribution is 0.603. The van der Waals surface area contributed by atoms with Crippen LogP contribution in [0.4, 0.5) is 11.4 Å². The molecule has 1 N–H and O–H groups in total. The van der Waals surface area contributed by atoms with Crippen LogP contribution in [0.5, 0.6) is 0 Å². The van der Waals surface area contributed by atoms with Crippen LogP contribution < -0.4 is 9.62 Å². The summed E-state index contributed by atoms with van der Waals surface area (Å²) >= 11 is 1.21. The van der Waals surface area contributed by atoms with E-state index in [9.17, 15) is 8.42 Å². The lowest BCUT2D eigenvalue weighted by atomic mass is 10.2. The third kappa shape index (κ3) is 3.32. The minimum absolute atomic E-state index is 0.324. The van der Waals surface area contributed by atoms with Crippen molar-refractivity contribution in [2.24, 2.45) is 0 Å². The molecule has 0 aliphatic carbocycles. The molecule has 1 aromatic carbocycles. The molecule has 20 heavy (non-hydrogen) atoms. The van der Waals surface area contributed by atoms with Crippen LogP contribution in [0.2, 0.25) is 0 Å². The fourth-order valence-electron chi connectivity index (χ4n) is 1.95. The Hall–Kier alpha value is -1.53. The van der Waals surface area contributed by atoms with Crippen LogP contribution in [-0.2, 0) is 10.0 Å². The summed E-state index contributed by atoms with van der Waals surface area (Å²) in [5, 5.41) is 1.75. The minimum Gasteiger partial charge on any atom is -0.372 e. The Balaban J connectivity index is 2.15. The Bertz CT molecular complexity index is 630. The van der Waals surface area contributed by atoms with E-state index in [0.717, 1.165) is 18.8 Å².